The number of nitro benzene ring substituents is 1. The van der Waals surface area contributed by atoms with E-state index < -0.39 is 22.0 Å². The first-order valence-electron chi connectivity index (χ1n) is 7.60. The van der Waals surface area contributed by atoms with Gasteiger partial charge in [0.25, 0.3) is 11.6 Å². The zero-order valence-electron chi connectivity index (χ0n) is 13.8. The smallest absolute Gasteiger partial charge is 0.307 e. The lowest BCUT2D eigenvalue weighted by molar-refractivity contribution is -0.384. The summed E-state index contributed by atoms with van der Waals surface area (Å²) in [5, 5.41) is 16.2. The number of carbonyl (C=O) groups excluding carboxylic acids is 1. The van der Waals surface area contributed by atoms with Crippen LogP contribution in [-0.4, -0.2) is 29.7 Å². The van der Waals surface area contributed by atoms with Crippen molar-refractivity contribution in [3.8, 4) is 11.3 Å². The first-order chi connectivity index (χ1) is 13.6. The molecule has 0 bridgehead atoms. The number of carbonyl (C=O) groups is 1. The first-order valence-corrected chi connectivity index (χ1v) is 9.64. The summed E-state index contributed by atoms with van der Waals surface area (Å²) >= 11 is 6.12. The third kappa shape index (κ3) is 3.49. The molecule has 0 aliphatic carbocycles. The number of nitrogens with zero attached hydrogens (tertiary/aromatic N) is 4. The third-order valence-electron chi connectivity index (χ3n) is 3.75. The Balaban J connectivity index is 1.99. The molecule has 148 valence electrons. The molecule has 0 atom stereocenters. The summed E-state index contributed by atoms with van der Waals surface area (Å²) in [5.41, 5.74) is -0.165. The molecule has 0 unspecified atom stereocenters. The number of nitro groups is 1. The number of alkyl halides is 3. The van der Waals surface area contributed by atoms with Crippen LogP contribution in [-0.2, 0) is 11.0 Å². The van der Waals surface area contributed by atoms with Gasteiger partial charge in [0.2, 0.25) is 9.97 Å². The summed E-state index contributed by atoms with van der Waals surface area (Å²) in [6.45, 7) is 0. The van der Waals surface area contributed by atoms with Gasteiger partial charge in [-0.05, 0) is 12.1 Å². The summed E-state index contributed by atoms with van der Waals surface area (Å²) in [6, 6.07) is 5.66. The van der Waals surface area contributed by atoms with Crippen molar-refractivity contribution in [2.24, 2.45) is 0 Å². The van der Waals surface area contributed by atoms with Crippen molar-refractivity contribution < 1.29 is 22.9 Å². The van der Waals surface area contributed by atoms with Crippen molar-refractivity contribution in [2.45, 2.75) is 6.18 Å². The number of imidazole rings is 1. The summed E-state index contributed by atoms with van der Waals surface area (Å²) in [6.07, 6.45) is -3.42. The largest absolute Gasteiger partial charge is 0.445 e. The Labute approximate surface area is 172 Å². The summed E-state index contributed by atoms with van der Waals surface area (Å²) < 4.78 is 40.3. The predicted molar refractivity (Wildman–Crippen MR) is 104 cm³/mol. The highest BCUT2D eigenvalue weighted by Gasteiger charge is 2.37. The standard InChI is InChI=1S/C15H6F3N5O3S3/c16-15(17,18)12-21-22-8(5-9-11(24)20-14(27)28-9)10(19-13(22)29-12)6-3-1-2-4-7(6)23(25)26/h1-5H,(H,20,24,27)/b9-5-. The zero-order chi connectivity index (χ0) is 20.9. The number of halogens is 3. The van der Waals surface area contributed by atoms with E-state index in [9.17, 15) is 28.1 Å². The van der Waals surface area contributed by atoms with Gasteiger partial charge in [-0.1, -0.05) is 47.4 Å². The van der Waals surface area contributed by atoms with E-state index in [1.54, 1.807) is 0 Å². The van der Waals surface area contributed by atoms with Gasteiger partial charge < -0.3 is 5.32 Å². The molecule has 1 saturated heterocycles. The minimum atomic E-state index is -4.68. The second-order valence-corrected chi connectivity index (χ2v) is 8.25. The van der Waals surface area contributed by atoms with Gasteiger partial charge >= 0.3 is 6.18 Å². The maximum absolute atomic E-state index is 13.1. The number of fused-ring (bicyclic) bond motifs is 1. The maximum Gasteiger partial charge on any atom is 0.445 e. The van der Waals surface area contributed by atoms with E-state index in [4.69, 9.17) is 12.2 Å². The highest BCUT2D eigenvalue weighted by atomic mass is 32.2. The Morgan fingerprint density at radius 1 is 1.31 bits per heavy atom. The highest BCUT2D eigenvalue weighted by molar-refractivity contribution is 8.26. The number of aromatic nitrogens is 3. The number of nitrogens with one attached hydrogen (secondary N) is 1. The quantitative estimate of drug-likeness (QED) is 0.276. The molecule has 1 N–H and O–H groups in total. The summed E-state index contributed by atoms with van der Waals surface area (Å²) in [7, 11) is 0. The zero-order valence-corrected chi connectivity index (χ0v) is 16.2. The lowest BCUT2D eigenvalue weighted by atomic mass is 10.1. The van der Waals surface area contributed by atoms with Crippen molar-refractivity contribution in [3.63, 3.8) is 0 Å². The van der Waals surface area contributed by atoms with Gasteiger partial charge in [-0.3, -0.25) is 14.9 Å². The molecule has 1 aliphatic rings. The molecule has 1 amide bonds. The number of amides is 1. The Bertz CT molecular complexity index is 1230. The molecule has 3 aromatic rings. The second-order valence-electron chi connectivity index (χ2n) is 5.57. The summed E-state index contributed by atoms with van der Waals surface area (Å²) in [5.74, 6) is -0.533. The van der Waals surface area contributed by atoms with Gasteiger partial charge in [0, 0.05) is 6.07 Å². The summed E-state index contributed by atoms with van der Waals surface area (Å²) in [4.78, 5) is 26.9. The number of hydrogen-bond donors (Lipinski definition) is 1. The number of hydrogen-bond acceptors (Lipinski definition) is 8. The minimum absolute atomic E-state index is 0.00315. The van der Waals surface area contributed by atoms with Crippen molar-refractivity contribution in [3.05, 3.63) is 50.0 Å². The minimum Gasteiger partial charge on any atom is -0.307 e. The Kier molecular flexibility index (Phi) is 4.63. The van der Waals surface area contributed by atoms with Gasteiger partial charge in [0.05, 0.1) is 21.1 Å². The van der Waals surface area contributed by atoms with Gasteiger partial charge in [-0.15, -0.1) is 5.10 Å². The number of rotatable bonds is 3. The molecule has 0 spiro atoms. The number of thioether (sulfide) groups is 1. The van der Waals surface area contributed by atoms with E-state index in [0.29, 0.717) is 11.3 Å². The van der Waals surface area contributed by atoms with Gasteiger partial charge in [0.1, 0.15) is 10.0 Å². The van der Waals surface area contributed by atoms with Crippen molar-refractivity contribution in [1.82, 2.24) is 19.9 Å². The average Bonchev–Trinajstić information content (AvgIpc) is 3.28. The lowest BCUT2D eigenvalue weighted by Gasteiger charge is -2.03. The Hall–Kier alpha value is -2.84. The fourth-order valence-electron chi connectivity index (χ4n) is 2.58. The van der Waals surface area contributed by atoms with Crippen molar-refractivity contribution in [2.75, 3.05) is 0 Å². The molecule has 0 saturated carbocycles. The van der Waals surface area contributed by atoms with E-state index in [2.05, 4.69) is 15.4 Å². The van der Waals surface area contributed by atoms with Crippen LogP contribution in [0.1, 0.15) is 10.7 Å². The monoisotopic (exact) mass is 457 g/mol. The van der Waals surface area contributed by atoms with Gasteiger partial charge in [-0.2, -0.15) is 13.2 Å². The SMILES string of the molecule is O=C1NC(=S)S/C1=C\c1c(-c2ccccc2[N+](=O)[O-])nc2sc(C(F)(F)F)nn12. The van der Waals surface area contributed by atoms with E-state index >= 15 is 0 Å². The molecule has 1 fully saturated rings. The Morgan fingerprint density at radius 2 is 2.03 bits per heavy atom. The molecule has 1 aromatic carbocycles. The fourth-order valence-corrected chi connectivity index (χ4v) is 4.38. The molecular weight excluding hydrogens is 451 g/mol. The van der Waals surface area contributed by atoms with Crippen LogP contribution < -0.4 is 5.32 Å². The van der Waals surface area contributed by atoms with Crippen LogP contribution in [0.3, 0.4) is 0 Å². The Morgan fingerprint density at radius 3 is 2.66 bits per heavy atom. The lowest BCUT2D eigenvalue weighted by Crippen LogP contribution is -2.17. The average molecular weight is 457 g/mol. The van der Waals surface area contributed by atoms with Crippen molar-refractivity contribution >= 4 is 62.3 Å². The van der Waals surface area contributed by atoms with E-state index in [-0.39, 0.29) is 36.8 Å². The van der Waals surface area contributed by atoms with Crippen LogP contribution >= 0.6 is 35.3 Å². The molecule has 0 radical (unpaired) electrons. The molecule has 1 aliphatic heterocycles. The van der Waals surface area contributed by atoms with E-state index in [0.717, 1.165) is 16.3 Å². The van der Waals surface area contributed by atoms with Gasteiger partial charge in [0.15, 0.2) is 0 Å². The van der Waals surface area contributed by atoms with E-state index in [1.807, 2.05) is 0 Å². The van der Waals surface area contributed by atoms with E-state index in [1.165, 1.54) is 30.3 Å². The van der Waals surface area contributed by atoms with Crippen LogP contribution in [0.15, 0.2) is 29.2 Å². The topological polar surface area (TPSA) is 102 Å². The van der Waals surface area contributed by atoms with Crippen molar-refractivity contribution in [1.29, 1.82) is 0 Å². The number of thiocarbonyl (C=S) groups is 1. The van der Waals surface area contributed by atoms with Crippen LogP contribution in [0.25, 0.3) is 22.3 Å². The van der Waals surface area contributed by atoms with Crippen LogP contribution in [0.5, 0.6) is 0 Å². The number of benzene rings is 1. The second kappa shape index (κ2) is 6.89. The molecule has 8 nitrogen and oxygen atoms in total. The molecule has 14 heteroatoms. The van der Waals surface area contributed by atoms with Crippen LogP contribution in [0.2, 0.25) is 0 Å². The van der Waals surface area contributed by atoms with Gasteiger partial charge in [-0.25, -0.2) is 9.50 Å². The fraction of sp³-hybridized carbons (Fsp3) is 0.0667. The van der Waals surface area contributed by atoms with Crippen LogP contribution in [0.4, 0.5) is 18.9 Å². The molecule has 2 aromatic heterocycles. The first kappa shape index (κ1) is 19.5. The third-order valence-corrected chi connectivity index (χ3v) is 5.86. The highest BCUT2D eigenvalue weighted by Crippen LogP contribution is 2.38. The van der Waals surface area contributed by atoms with Crippen LogP contribution in [0, 0.1) is 10.1 Å². The maximum atomic E-state index is 13.1. The number of para-hydroxylation sites is 1. The predicted octanol–water partition coefficient (Wildman–Crippen LogP) is 3.87. The molecule has 4 rings (SSSR count). The molecule has 3 heterocycles. The molecular formula is C15H6F3N5O3S3. The normalized spacial score (nSPS) is 16.0. The molecule has 29 heavy (non-hydrogen) atoms.